The fraction of sp³-hybridized carbons (Fsp3) is 0.273. The maximum Gasteiger partial charge on any atom is 0.324 e. The second-order valence-electron chi connectivity index (χ2n) is 3.54. The van der Waals surface area contributed by atoms with Crippen molar-refractivity contribution in [2.45, 2.75) is 0 Å². The molecular weight excluding hydrogens is 288 g/mol. The van der Waals surface area contributed by atoms with E-state index < -0.39 is 0 Å². The molecule has 0 bridgehead atoms. The Kier molecular flexibility index (Phi) is 3.33. The summed E-state index contributed by atoms with van der Waals surface area (Å²) in [5, 5.41) is 2.59. The Labute approximate surface area is 107 Å². The normalized spacial score (nSPS) is 14.7. The van der Waals surface area contributed by atoms with Crippen molar-refractivity contribution in [3.63, 3.8) is 0 Å². The van der Waals surface area contributed by atoms with Gasteiger partial charge in [-0.25, -0.2) is 4.79 Å². The Hall–Kier alpha value is -1.56. The van der Waals surface area contributed by atoms with E-state index in [9.17, 15) is 9.59 Å². The number of hydrogen-bond acceptors (Lipinski definition) is 3. The quantitative estimate of drug-likeness (QED) is 0.903. The Balaban J connectivity index is 2.25. The van der Waals surface area contributed by atoms with Crippen LogP contribution in [0.2, 0.25) is 0 Å². The lowest BCUT2D eigenvalue weighted by Crippen LogP contribution is -2.34. The summed E-state index contributed by atoms with van der Waals surface area (Å²) in [5.74, 6) is 0.343. The molecule has 1 aliphatic rings. The monoisotopic (exact) mass is 298 g/mol. The standard InChI is InChI=1S/C11H11BrN2O3/c1-17-9-3-2-7(6-8(9)12)10(15)14-5-4-13-11(14)16/h2-3,6H,4-5H2,1H3,(H,13,16). The van der Waals surface area contributed by atoms with E-state index in [1.807, 2.05) is 0 Å². The molecule has 1 N–H and O–H groups in total. The molecule has 1 aromatic rings. The Morgan fingerprint density at radius 3 is 2.82 bits per heavy atom. The summed E-state index contributed by atoms with van der Waals surface area (Å²) in [6.45, 7) is 0.906. The SMILES string of the molecule is COc1ccc(C(=O)N2CCNC2=O)cc1Br. The summed E-state index contributed by atoms with van der Waals surface area (Å²) < 4.78 is 5.76. The van der Waals surface area contributed by atoms with Gasteiger partial charge < -0.3 is 10.1 Å². The number of amides is 3. The summed E-state index contributed by atoms with van der Waals surface area (Å²) in [6.07, 6.45) is 0. The number of ether oxygens (including phenoxy) is 1. The average molecular weight is 299 g/mol. The molecule has 0 saturated carbocycles. The largest absolute Gasteiger partial charge is 0.496 e. The van der Waals surface area contributed by atoms with Gasteiger partial charge in [-0.15, -0.1) is 0 Å². The van der Waals surface area contributed by atoms with Crippen LogP contribution < -0.4 is 10.1 Å². The Bertz CT molecular complexity index is 476. The van der Waals surface area contributed by atoms with E-state index in [1.54, 1.807) is 25.3 Å². The topological polar surface area (TPSA) is 58.6 Å². The zero-order valence-electron chi connectivity index (χ0n) is 9.20. The van der Waals surface area contributed by atoms with Crippen molar-refractivity contribution in [3.8, 4) is 5.75 Å². The van der Waals surface area contributed by atoms with Crippen LogP contribution in [0.4, 0.5) is 4.79 Å². The third kappa shape index (κ3) is 2.26. The summed E-state index contributed by atoms with van der Waals surface area (Å²) >= 11 is 3.30. The molecule has 1 fully saturated rings. The predicted octanol–water partition coefficient (Wildman–Crippen LogP) is 1.62. The van der Waals surface area contributed by atoms with E-state index in [1.165, 1.54) is 4.90 Å². The third-order valence-corrected chi connectivity index (χ3v) is 3.12. The molecule has 0 atom stereocenters. The number of carbonyl (C=O) groups is 2. The number of halogens is 1. The molecule has 1 heterocycles. The molecule has 1 aliphatic heterocycles. The van der Waals surface area contributed by atoms with Gasteiger partial charge in [0.2, 0.25) is 0 Å². The van der Waals surface area contributed by atoms with Crippen LogP contribution in [0.15, 0.2) is 22.7 Å². The summed E-state index contributed by atoms with van der Waals surface area (Å²) in [7, 11) is 1.55. The minimum atomic E-state index is -0.345. The Morgan fingerprint density at radius 2 is 2.29 bits per heavy atom. The number of rotatable bonds is 2. The number of benzene rings is 1. The maximum atomic E-state index is 12.0. The smallest absolute Gasteiger partial charge is 0.324 e. The molecule has 6 heteroatoms. The molecule has 0 aliphatic carbocycles. The van der Waals surface area contributed by atoms with Gasteiger partial charge in [0.1, 0.15) is 5.75 Å². The van der Waals surface area contributed by atoms with Gasteiger partial charge in [0, 0.05) is 18.7 Å². The first kappa shape index (κ1) is 11.9. The first-order chi connectivity index (χ1) is 8.13. The minimum absolute atomic E-state index is 0.302. The number of imide groups is 1. The molecular formula is C11H11BrN2O3. The molecule has 0 aromatic heterocycles. The summed E-state index contributed by atoms with van der Waals surface area (Å²) in [6, 6.07) is 4.62. The van der Waals surface area contributed by atoms with Crippen molar-refractivity contribution >= 4 is 27.9 Å². The van der Waals surface area contributed by atoms with Crippen molar-refractivity contribution in [1.29, 1.82) is 0 Å². The molecule has 0 radical (unpaired) electrons. The van der Waals surface area contributed by atoms with Crippen molar-refractivity contribution in [1.82, 2.24) is 10.2 Å². The van der Waals surface area contributed by atoms with Crippen LogP contribution in [-0.4, -0.2) is 37.0 Å². The van der Waals surface area contributed by atoms with E-state index in [4.69, 9.17) is 4.74 Å². The lowest BCUT2D eigenvalue weighted by atomic mass is 10.2. The number of nitrogens with one attached hydrogen (secondary N) is 1. The zero-order valence-corrected chi connectivity index (χ0v) is 10.8. The van der Waals surface area contributed by atoms with E-state index in [0.717, 1.165) is 0 Å². The van der Waals surface area contributed by atoms with Crippen LogP contribution in [-0.2, 0) is 0 Å². The van der Waals surface area contributed by atoms with Crippen molar-refractivity contribution in [2.24, 2.45) is 0 Å². The van der Waals surface area contributed by atoms with Crippen molar-refractivity contribution in [3.05, 3.63) is 28.2 Å². The second-order valence-corrected chi connectivity index (χ2v) is 4.39. The molecule has 2 rings (SSSR count). The van der Waals surface area contributed by atoms with E-state index in [-0.39, 0.29) is 11.9 Å². The van der Waals surface area contributed by atoms with Crippen LogP contribution >= 0.6 is 15.9 Å². The molecule has 3 amide bonds. The highest BCUT2D eigenvalue weighted by Crippen LogP contribution is 2.26. The lowest BCUT2D eigenvalue weighted by molar-refractivity contribution is 0.0829. The number of hydrogen-bond donors (Lipinski definition) is 1. The van der Waals surface area contributed by atoms with Crippen LogP contribution in [0.25, 0.3) is 0 Å². The third-order valence-electron chi connectivity index (χ3n) is 2.50. The van der Waals surface area contributed by atoms with Gasteiger partial charge in [-0.3, -0.25) is 9.69 Å². The van der Waals surface area contributed by atoms with Crippen LogP contribution in [0.5, 0.6) is 5.75 Å². The fourth-order valence-corrected chi connectivity index (χ4v) is 2.16. The van der Waals surface area contributed by atoms with Gasteiger partial charge in [0.15, 0.2) is 0 Å². The highest BCUT2D eigenvalue weighted by Gasteiger charge is 2.27. The number of urea groups is 1. The summed E-state index contributed by atoms with van der Waals surface area (Å²) in [4.78, 5) is 24.6. The van der Waals surface area contributed by atoms with Gasteiger partial charge in [0.25, 0.3) is 5.91 Å². The Morgan fingerprint density at radius 1 is 1.53 bits per heavy atom. The van der Waals surface area contributed by atoms with Gasteiger partial charge in [-0.1, -0.05) is 0 Å². The first-order valence-electron chi connectivity index (χ1n) is 5.06. The van der Waals surface area contributed by atoms with Crippen LogP contribution in [0.1, 0.15) is 10.4 Å². The van der Waals surface area contributed by atoms with Crippen LogP contribution in [0.3, 0.4) is 0 Å². The number of carbonyl (C=O) groups excluding carboxylic acids is 2. The molecule has 90 valence electrons. The molecule has 17 heavy (non-hydrogen) atoms. The zero-order chi connectivity index (χ0) is 12.4. The van der Waals surface area contributed by atoms with Crippen molar-refractivity contribution in [2.75, 3.05) is 20.2 Å². The number of methoxy groups -OCH3 is 1. The maximum absolute atomic E-state index is 12.0. The van der Waals surface area contributed by atoms with Crippen molar-refractivity contribution < 1.29 is 14.3 Å². The fourth-order valence-electron chi connectivity index (χ4n) is 1.62. The van der Waals surface area contributed by atoms with Gasteiger partial charge >= 0.3 is 6.03 Å². The highest BCUT2D eigenvalue weighted by molar-refractivity contribution is 9.10. The minimum Gasteiger partial charge on any atom is -0.496 e. The number of nitrogens with zero attached hydrogens (tertiary/aromatic N) is 1. The molecule has 0 spiro atoms. The molecule has 0 unspecified atom stereocenters. The molecule has 1 aromatic carbocycles. The van der Waals surface area contributed by atoms with Gasteiger partial charge in [-0.05, 0) is 34.1 Å². The average Bonchev–Trinajstić information content (AvgIpc) is 2.74. The predicted molar refractivity (Wildman–Crippen MR) is 65.1 cm³/mol. The molecule has 5 nitrogen and oxygen atoms in total. The first-order valence-corrected chi connectivity index (χ1v) is 5.86. The summed E-state index contributed by atoms with van der Waals surface area (Å²) in [5.41, 5.74) is 0.453. The lowest BCUT2D eigenvalue weighted by Gasteiger charge is -2.13. The van der Waals surface area contributed by atoms with E-state index in [2.05, 4.69) is 21.2 Å². The van der Waals surface area contributed by atoms with E-state index >= 15 is 0 Å². The second kappa shape index (κ2) is 4.75. The van der Waals surface area contributed by atoms with Gasteiger partial charge in [-0.2, -0.15) is 0 Å². The van der Waals surface area contributed by atoms with E-state index in [0.29, 0.717) is 28.9 Å². The molecule has 1 saturated heterocycles. The van der Waals surface area contributed by atoms with Gasteiger partial charge in [0.05, 0.1) is 11.6 Å². The highest BCUT2D eigenvalue weighted by atomic mass is 79.9. The van der Waals surface area contributed by atoms with Crippen LogP contribution in [0, 0.1) is 0 Å².